The third-order valence-corrected chi connectivity index (χ3v) is 5.41. The van der Waals surface area contributed by atoms with E-state index in [9.17, 15) is 0 Å². The predicted molar refractivity (Wildman–Crippen MR) is 67.5 cm³/mol. The number of nitrogens with one attached hydrogen (secondary N) is 1. The molecule has 92 valence electrons. The third kappa shape index (κ3) is 1.70. The van der Waals surface area contributed by atoms with Crippen molar-refractivity contribution in [1.29, 1.82) is 0 Å². The van der Waals surface area contributed by atoms with E-state index in [1.54, 1.807) is 0 Å². The van der Waals surface area contributed by atoms with Gasteiger partial charge in [-0.3, -0.25) is 4.90 Å². The Hall–Kier alpha value is -0.0800. The van der Waals surface area contributed by atoms with Crippen LogP contribution in [0.25, 0.3) is 0 Å². The average Bonchev–Trinajstić information content (AvgIpc) is 2.82. The van der Waals surface area contributed by atoms with Crippen molar-refractivity contribution in [3.05, 3.63) is 0 Å². The van der Waals surface area contributed by atoms with E-state index in [2.05, 4.69) is 17.1 Å². The molecule has 3 aliphatic rings. The molecule has 1 saturated carbocycles. The van der Waals surface area contributed by atoms with Gasteiger partial charge in [0.25, 0.3) is 0 Å². The number of hydrogen-bond acceptors (Lipinski definition) is 2. The minimum atomic E-state index is 0.567. The molecule has 0 amide bonds. The zero-order chi connectivity index (χ0) is 11.0. The molecule has 16 heavy (non-hydrogen) atoms. The van der Waals surface area contributed by atoms with Crippen molar-refractivity contribution in [1.82, 2.24) is 10.2 Å². The van der Waals surface area contributed by atoms with Crippen LogP contribution in [0.2, 0.25) is 0 Å². The maximum Gasteiger partial charge on any atom is 0.0383 e. The minimum Gasteiger partial charge on any atom is -0.315 e. The third-order valence-electron chi connectivity index (χ3n) is 5.41. The Morgan fingerprint density at radius 1 is 1.25 bits per heavy atom. The molecule has 0 radical (unpaired) electrons. The van der Waals surface area contributed by atoms with Crippen LogP contribution in [0.5, 0.6) is 0 Å². The molecule has 0 aromatic carbocycles. The van der Waals surface area contributed by atoms with Gasteiger partial charge in [0.15, 0.2) is 0 Å². The molecule has 2 saturated heterocycles. The Balaban J connectivity index is 1.58. The van der Waals surface area contributed by atoms with Crippen molar-refractivity contribution in [2.75, 3.05) is 26.2 Å². The lowest BCUT2D eigenvalue weighted by molar-refractivity contribution is -0.0711. The summed E-state index contributed by atoms with van der Waals surface area (Å²) in [7, 11) is 0. The summed E-state index contributed by atoms with van der Waals surface area (Å²) in [6.07, 6.45) is 8.84. The van der Waals surface area contributed by atoms with Crippen LogP contribution in [0, 0.1) is 11.8 Å². The fraction of sp³-hybridized carbons (Fsp3) is 1.00. The molecule has 0 bridgehead atoms. The van der Waals surface area contributed by atoms with Crippen LogP contribution in [0.4, 0.5) is 0 Å². The first-order valence-corrected chi connectivity index (χ1v) is 7.27. The lowest BCUT2D eigenvalue weighted by Gasteiger charge is -2.57. The van der Waals surface area contributed by atoms with Gasteiger partial charge in [0, 0.05) is 25.2 Å². The van der Waals surface area contributed by atoms with E-state index in [1.807, 2.05) is 0 Å². The van der Waals surface area contributed by atoms with Crippen molar-refractivity contribution in [2.45, 2.75) is 51.0 Å². The van der Waals surface area contributed by atoms with Crippen LogP contribution in [-0.2, 0) is 0 Å². The molecule has 0 aromatic heterocycles. The Bertz CT molecular complexity index is 239. The summed E-state index contributed by atoms with van der Waals surface area (Å²) in [5.41, 5.74) is 0.567. The van der Waals surface area contributed by atoms with Gasteiger partial charge in [-0.15, -0.1) is 0 Å². The van der Waals surface area contributed by atoms with E-state index < -0.39 is 0 Å². The number of likely N-dealkylation sites (tertiary alicyclic amines) is 1. The number of hydrogen-bond donors (Lipinski definition) is 1. The van der Waals surface area contributed by atoms with E-state index in [4.69, 9.17) is 0 Å². The minimum absolute atomic E-state index is 0.567. The molecule has 2 heterocycles. The smallest absolute Gasteiger partial charge is 0.0383 e. The van der Waals surface area contributed by atoms with E-state index >= 15 is 0 Å². The monoisotopic (exact) mass is 222 g/mol. The van der Waals surface area contributed by atoms with Crippen molar-refractivity contribution >= 4 is 0 Å². The molecule has 0 aromatic rings. The van der Waals surface area contributed by atoms with E-state index in [-0.39, 0.29) is 0 Å². The molecule has 3 fully saturated rings. The zero-order valence-corrected chi connectivity index (χ0v) is 10.7. The highest BCUT2D eigenvalue weighted by Crippen LogP contribution is 2.42. The van der Waals surface area contributed by atoms with E-state index in [0.717, 1.165) is 11.8 Å². The van der Waals surface area contributed by atoms with Crippen LogP contribution in [-0.4, -0.2) is 36.6 Å². The largest absolute Gasteiger partial charge is 0.315 e. The van der Waals surface area contributed by atoms with E-state index in [1.165, 1.54) is 64.7 Å². The molecular formula is C14H26N2. The molecule has 2 heteroatoms. The molecule has 2 aliphatic heterocycles. The van der Waals surface area contributed by atoms with Gasteiger partial charge < -0.3 is 5.32 Å². The van der Waals surface area contributed by atoms with Crippen molar-refractivity contribution in [3.8, 4) is 0 Å². The van der Waals surface area contributed by atoms with Gasteiger partial charge in [0.1, 0.15) is 0 Å². The first kappa shape index (κ1) is 11.0. The van der Waals surface area contributed by atoms with Gasteiger partial charge in [-0.1, -0.05) is 26.2 Å². The SMILES string of the molecule is C[C@H]1CN(CC2CCCCC2)[C@]12CCNC2. The summed E-state index contributed by atoms with van der Waals surface area (Å²) in [4.78, 5) is 2.81. The van der Waals surface area contributed by atoms with Crippen LogP contribution >= 0.6 is 0 Å². The van der Waals surface area contributed by atoms with Gasteiger partial charge in [-0.25, -0.2) is 0 Å². The second-order valence-electron chi connectivity index (χ2n) is 6.34. The van der Waals surface area contributed by atoms with Crippen LogP contribution < -0.4 is 5.32 Å². The molecule has 2 atom stereocenters. The standard InChI is InChI=1S/C14H26N2/c1-12-9-16(14(12)7-8-15-11-14)10-13-5-3-2-4-6-13/h12-13,15H,2-11H2,1H3/t12-,14-/m0/s1. The maximum atomic E-state index is 3.57. The first-order valence-electron chi connectivity index (χ1n) is 7.27. The lowest BCUT2D eigenvalue weighted by atomic mass is 9.73. The molecule has 1 spiro atoms. The highest BCUT2D eigenvalue weighted by Gasteiger charge is 2.52. The zero-order valence-electron chi connectivity index (χ0n) is 10.7. The van der Waals surface area contributed by atoms with Gasteiger partial charge in [-0.2, -0.15) is 0 Å². The van der Waals surface area contributed by atoms with Gasteiger partial charge >= 0.3 is 0 Å². The molecule has 3 rings (SSSR count). The summed E-state index contributed by atoms with van der Waals surface area (Å²) >= 11 is 0. The van der Waals surface area contributed by atoms with E-state index in [0.29, 0.717) is 5.54 Å². The maximum absolute atomic E-state index is 3.57. The molecule has 1 N–H and O–H groups in total. The van der Waals surface area contributed by atoms with Gasteiger partial charge in [0.05, 0.1) is 0 Å². The molecule has 2 nitrogen and oxygen atoms in total. The molecular weight excluding hydrogens is 196 g/mol. The fourth-order valence-corrected chi connectivity index (χ4v) is 4.21. The van der Waals surface area contributed by atoms with Gasteiger partial charge in [-0.05, 0) is 37.6 Å². The number of nitrogens with zero attached hydrogens (tertiary/aromatic N) is 1. The summed E-state index contributed by atoms with van der Waals surface area (Å²) in [6.45, 7) is 7.70. The summed E-state index contributed by atoms with van der Waals surface area (Å²) in [5.74, 6) is 1.94. The lowest BCUT2D eigenvalue weighted by Crippen LogP contribution is -2.68. The second-order valence-corrected chi connectivity index (χ2v) is 6.34. The Kier molecular flexibility index (Phi) is 2.97. The summed E-state index contributed by atoms with van der Waals surface area (Å²) in [6, 6.07) is 0. The second kappa shape index (κ2) is 4.30. The van der Waals surface area contributed by atoms with Crippen molar-refractivity contribution < 1.29 is 0 Å². The molecule has 0 unspecified atom stereocenters. The predicted octanol–water partition coefficient (Wildman–Crippen LogP) is 2.25. The van der Waals surface area contributed by atoms with Crippen LogP contribution in [0.3, 0.4) is 0 Å². The first-order chi connectivity index (χ1) is 7.81. The van der Waals surface area contributed by atoms with Crippen LogP contribution in [0.1, 0.15) is 45.4 Å². The fourth-order valence-electron chi connectivity index (χ4n) is 4.21. The summed E-state index contributed by atoms with van der Waals surface area (Å²) < 4.78 is 0. The Morgan fingerprint density at radius 2 is 2.06 bits per heavy atom. The summed E-state index contributed by atoms with van der Waals surface area (Å²) in [5, 5.41) is 3.57. The molecule has 1 aliphatic carbocycles. The van der Waals surface area contributed by atoms with Crippen LogP contribution in [0.15, 0.2) is 0 Å². The highest BCUT2D eigenvalue weighted by molar-refractivity contribution is 5.09. The quantitative estimate of drug-likeness (QED) is 0.771. The van der Waals surface area contributed by atoms with Crippen molar-refractivity contribution in [2.24, 2.45) is 11.8 Å². The average molecular weight is 222 g/mol. The topological polar surface area (TPSA) is 15.3 Å². The van der Waals surface area contributed by atoms with Crippen molar-refractivity contribution in [3.63, 3.8) is 0 Å². The normalized spacial score (nSPS) is 41.4. The van der Waals surface area contributed by atoms with Gasteiger partial charge in [0.2, 0.25) is 0 Å². The Labute approximate surface area is 99.8 Å². The highest BCUT2D eigenvalue weighted by atomic mass is 15.3. The Morgan fingerprint density at radius 3 is 2.69 bits per heavy atom. The number of rotatable bonds is 2.